The number of rotatable bonds is 3. The summed E-state index contributed by atoms with van der Waals surface area (Å²) in [5.74, 6) is 0.198. The number of aliphatic hydroxyl groups is 1. The molecule has 1 amide bonds. The van der Waals surface area contributed by atoms with E-state index < -0.39 is 0 Å². The zero-order valence-electron chi connectivity index (χ0n) is 13.9. The Bertz CT molecular complexity index is 615. The number of carbonyl (C=O) groups is 1. The van der Waals surface area contributed by atoms with E-state index in [1.807, 2.05) is 11.0 Å². The normalized spacial score (nSPS) is 33.7. The van der Waals surface area contributed by atoms with Gasteiger partial charge in [-0.3, -0.25) is 9.69 Å². The van der Waals surface area contributed by atoms with E-state index in [0.29, 0.717) is 0 Å². The first-order chi connectivity index (χ1) is 11.6. The minimum absolute atomic E-state index is 0.0235. The molecule has 1 aliphatic heterocycles. The molecule has 1 N–H and O–H groups in total. The minimum atomic E-state index is -0.227. The molecule has 1 heterocycles. The van der Waals surface area contributed by atoms with Crippen LogP contribution in [0.25, 0.3) is 0 Å². The highest BCUT2D eigenvalue weighted by atomic mass is 19.1. The van der Waals surface area contributed by atoms with Gasteiger partial charge >= 0.3 is 0 Å². The van der Waals surface area contributed by atoms with Gasteiger partial charge in [-0.2, -0.15) is 0 Å². The smallest absolute Gasteiger partial charge is 0.226 e. The largest absolute Gasteiger partial charge is 0.391 e. The average molecular weight is 332 g/mol. The molecule has 4 unspecified atom stereocenters. The van der Waals surface area contributed by atoms with Gasteiger partial charge in [0.05, 0.1) is 6.10 Å². The van der Waals surface area contributed by atoms with Gasteiger partial charge in [0, 0.05) is 38.1 Å². The van der Waals surface area contributed by atoms with Gasteiger partial charge in [0.2, 0.25) is 5.91 Å². The molecule has 4 rings (SSSR count). The molecule has 0 bridgehead atoms. The van der Waals surface area contributed by atoms with Crippen LogP contribution in [0.2, 0.25) is 0 Å². The molecule has 3 fully saturated rings. The Morgan fingerprint density at radius 1 is 1.17 bits per heavy atom. The summed E-state index contributed by atoms with van der Waals surface area (Å²) in [5, 5.41) is 10.0. The fourth-order valence-electron chi connectivity index (χ4n) is 4.43. The third kappa shape index (κ3) is 3.07. The van der Waals surface area contributed by atoms with Gasteiger partial charge in [0.15, 0.2) is 0 Å². The van der Waals surface area contributed by atoms with E-state index in [1.54, 1.807) is 12.1 Å². The molecule has 2 aliphatic carbocycles. The van der Waals surface area contributed by atoms with Gasteiger partial charge < -0.3 is 10.0 Å². The lowest BCUT2D eigenvalue weighted by Gasteiger charge is -2.39. The zero-order valence-corrected chi connectivity index (χ0v) is 13.9. The Morgan fingerprint density at radius 3 is 2.62 bits per heavy atom. The van der Waals surface area contributed by atoms with Crippen LogP contribution in [-0.2, 0) is 4.79 Å². The van der Waals surface area contributed by atoms with E-state index in [0.717, 1.165) is 57.4 Å². The first-order valence-electron chi connectivity index (χ1n) is 9.10. The predicted octanol–water partition coefficient (Wildman–Crippen LogP) is 1.99. The number of benzene rings is 1. The van der Waals surface area contributed by atoms with E-state index in [-0.39, 0.29) is 35.7 Å². The summed E-state index contributed by atoms with van der Waals surface area (Å²) in [5.41, 5.74) is 0.945. The van der Waals surface area contributed by atoms with Crippen molar-refractivity contribution in [1.82, 2.24) is 9.80 Å². The standard InChI is InChI=1S/C19H25FN2O2/c20-14-4-1-3-13(11-14)15-12-16(15)19(24)22-9-7-21(8-10-22)17-5-2-6-18(17)23/h1,3-4,11,15-18,23H,2,5-10,12H2. The summed E-state index contributed by atoms with van der Waals surface area (Å²) in [6.45, 7) is 3.19. The van der Waals surface area contributed by atoms with Crippen molar-refractivity contribution in [2.45, 2.75) is 43.7 Å². The maximum absolute atomic E-state index is 13.3. The molecule has 3 aliphatic rings. The summed E-state index contributed by atoms with van der Waals surface area (Å²) >= 11 is 0. The van der Waals surface area contributed by atoms with Gasteiger partial charge in [-0.05, 0) is 49.3 Å². The van der Waals surface area contributed by atoms with Crippen LogP contribution in [0.15, 0.2) is 24.3 Å². The number of piperazine rings is 1. The van der Waals surface area contributed by atoms with Crippen LogP contribution in [0.4, 0.5) is 4.39 Å². The number of hydrogen-bond donors (Lipinski definition) is 1. The highest BCUT2D eigenvalue weighted by molar-refractivity contribution is 5.83. The molecule has 4 atom stereocenters. The monoisotopic (exact) mass is 332 g/mol. The van der Waals surface area contributed by atoms with Crippen molar-refractivity contribution >= 4 is 5.91 Å². The lowest BCUT2D eigenvalue weighted by molar-refractivity contribution is -0.135. The van der Waals surface area contributed by atoms with E-state index in [1.165, 1.54) is 6.07 Å². The number of hydrogen-bond acceptors (Lipinski definition) is 3. The highest BCUT2D eigenvalue weighted by Gasteiger charge is 2.46. The quantitative estimate of drug-likeness (QED) is 0.921. The molecule has 0 spiro atoms. The third-order valence-corrected chi connectivity index (χ3v) is 5.92. The molecule has 1 aromatic rings. The van der Waals surface area contributed by atoms with E-state index in [4.69, 9.17) is 0 Å². The van der Waals surface area contributed by atoms with Crippen molar-refractivity contribution < 1.29 is 14.3 Å². The Labute approximate surface area is 142 Å². The van der Waals surface area contributed by atoms with Gasteiger partial charge in [-0.25, -0.2) is 4.39 Å². The average Bonchev–Trinajstić information content (AvgIpc) is 3.29. The molecule has 0 aromatic heterocycles. The minimum Gasteiger partial charge on any atom is -0.391 e. The second-order valence-corrected chi connectivity index (χ2v) is 7.43. The molecule has 4 nitrogen and oxygen atoms in total. The Hall–Kier alpha value is -1.46. The zero-order chi connectivity index (χ0) is 16.7. The van der Waals surface area contributed by atoms with Gasteiger partial charge in [0.25, 0.3) is 0 Å². The molecule has 5 heteroatoms. The number of halogens is 1. The lowest BCUT2D eigenvalue weighted by Crippen LogP contribution is -2.54. The summed E-state index contributed by atoms with van der Waals surface area (Å²) < 4.78 is 13.3. The molecule has 1 aromatic carbocycles. The van der Waals surface area contributed by atoms with Crippen molar-refractivity contribution in [3.05, 3.63) is 35.6 Å². The summed E-state index contributed by atoms with van der Waals surface area (Å²) in [6, 6.07) is 6.91. The fourth-order valence-corrected chi connectivity index (χ4v) is 4.43. The van der Waals surface area contributed by atoms with Crippen molar-refractivity contribution in [2.75, 3.05) is 26.2 Å². The fraction of sp³-hybridized carbons (Fsp3) is 0.632. The summed E-state index contributed by atoms with van der Waals surface area (Å²) in [7, 11) is 0. The summed E-state index contributed by atoms with van der Waals surface area (Å²) in [4.78, 5) is 17.0. The van der Waals surface area contributed by atoms with Crippen LogP contribution in [0.3, 0.4) is 0 Å². The number of aliphatic hydroxyl groups excluding tert-OH is 1. The van der Waals surface area contributed by atoms with E-state index in [2.05, 4.69) is 4.90 Å². The van der Waals surface area contributed by atoms with E-state index in [9.17, 15) is 14.3 Å². The van der Waals surface area contributed by atoms with Crippen LogP contribution < -0.4 is 0 Å². The Morgan fingerprint density at radius 2 is 1.96 bits per heavy atom. The Kier molecular flexibility index (Phi) is 4.31. The first-order valence-corrected chi connectivity index (χ1v) is 9.10. The van der Waals surface area contributed by atoms with Crippen LogP contribution in [0.1, 0.15) is 37.2 Å². The van der Waals surface area contributed by atoms with Crippen molar-refractivity contribution in [3.63, 3.8) is 0 Å². The molecule has 2 saturated carbocycles. The second kappa shape index (κ2) is 6.45. The van der Waals surface area contributed by atoms with Gasteiger partial charge in [-0.15, -0.1) is 0 Å². The highest BCUT2D eigenvalue weighted by Crippen LogP contribution is 2.48. The maximum Gasteiger partial charge on any atom is 0.226 e. The lowest BCUT2D eigenvalue weighted by atomic mass is 10.1. The van der Waals surface area contributed by atoms with Crippen LogP contribution in [-0.4, -0.2) is 59.1 Å². The van der Waals surface area contributed by atoms with Crippen LogP contribution in [0, 0.1) is 11.7 Å². The first kappa shape index (κ1) is 16.0. The second-order valence-electron chi connectivity index (χ2n) is 7.43. The van der Waals surface area contributed by atoms with Crippen molar-refractivity contribution in [2.24, 2.45) is 5.92 Å². The molecule has 1 saturated heterocycles. The predicted molar refractivity (Wildman–Crippen MR) is 89.0 cm³/mol. The topological polar surface area (TPSA) is 43.8 Å². The van der Waals surface area contributed by atoms with Crippen LogP contribution >= 0.6 is 0 Å². The van der Waals surface area contributed by atoms with Crippen molar-refractivity contribution in [1.29, 1.82) is 0 Å². The number of nitrogens with zero attached hydrogens (tertiary/aromatic N) is 2. The number of amides is 1. The van der Waals surface area contributed by atoms with Gasteiger partial charge in [-0.1, -0.05) is 12.1 Å². The van der Waals surface area contributed by atoms with Gasteiger partial charge in [0.1, 0.15) is 5.82 Å². The molecule has 0 radical (unpaired) electrons. The molecular weight excluding hydrogens is 307 g/mol. The molecular formula is C19H25FN2O2. The SMILES string of the molecule is O=C(C1CC1c1cccc(F)c1)N1CCN(C2CCCC2O)CC1. The maximum atomic E-state index is 13.3. The van der Waals surface area contributed by atoms with Crippen LogP contribution in [0.5, 0.6) is 0 Å². The third-order valence-electron chi connectivity index (χ3n) is 5.92. The van der Waals surface area contributed by atoms with Crippen molar-refractivity contribution in [3.8, 4) is 0 Å². The van der Waals surface area contributed by atoms with E-state index >= 15 is 0 Å². The summed E-state index contributed by atoms with van der Waals surface area (Å²) in [6.07, 6.45) is 3.71. The number of carbonyl (C=O) groups excluding carboxylic acids is 1. The molecule has 24 heavy (non-hydrogen) atoms. The molecule has 130 valence electrons. The Balaban J connectivity index is 1.31.